The van der Waals surface area contributed by atoms with Crippen LogP contribution >= 0.6 is 0 Å². The smallest absolute Gasteiger partial charge is 0.410 e. The maximum absolute atomic E-state index is 12.4. The largest absolute Gasteiger partial charge is 0.444 e. The number of ether oxygens (including phenoxy) is 2. The van der Waals surface area contributed by atoms with Crippen LogP contribution in [-0.4, -0.2) is 66.3 Å². The molecule has 2 saturated heterocycles. The molecule has 2 aliphatic rings. The Hall–Kier alpha value is -1.30. The second-order valence-corrected chi connectivity index (χ2v) is 6.96. The lowest BCUT2D eigenvalue weighted by Crippen LogP contribution is -2.51. The van der Waals surface area contributed by atoms with E-state index in [1.165, 1.54) is 7.11 Å². The van der Waals surface area contributed by atoms with Crippen LogP contribution < -0.4 is 0 Å². The van der Waals surface area contributed by atoms with Gasteiger partial charge in [-0.25, -0.2) is 4.79 Å². The van der Waals surface area contributed by atoms with Gasteiger partial charge in [0.2, 0.25) is 5.91 Å². The maximum atomic E-state index is 12.4. The summed E-state index contributed by atoms with van der Waals surface area (Å²) in [7, 11) is 1.52. The first-order valence-corrected chi connectivity index (χ1v) is 7.55. The fourth-order valence-electron chi connectivity index (χ4n) is 3.25. The molecule has 0 N–H and O–H groups in total. The summed E-state index contributed by atoms with van der Waals surface area (Å²) in [5, 5.41) is 0. The Bertz CT molecular complexity index is 418. The second-order valence-electron chi connectivity index (χ2n) is 6.96. The molecule has 0 aromatic rings. The second kappa shape index (κ2) is 5.83. The number of carbonyl (C=O) groups excluding carboxylic acids is 2. The van der Waals surface area contributed by atoms with Crippen LogP contribution in [0.15, 0.2) is 0 Å². The summed E-state index contributed by atoms with van der Waals surface area (Å²) in [6.45, 7) is 7.70. The fourth-order valence-corrected chi connectivity index (χ4v) is 3.25. The fraction of sp³-hybridized carbons (Fsp3) is 0.867. The van der Waals surface area contributed by atoms with Crippen molar-refractivity contribution in [1.29, 1.82) is 0 Å². The lowest BCUT2D eigenvalue weighted by atomic mass is 9.95. The Labute approximate surface area is 126 Å². The molecule has 6 nitrogen and oxygen atoms in total. The number of hydrogen-bond donors (Lipinski definition) is 0. The van der Waals surface area contributed by atoms with Crippen molar-refractivity contribution in [1.82, 2.24) is 9.80 Å². The molecule has 0 aromatic heterocycles. The summed E-state index contributed by atoms with van der Waals surface area (Å²) in [5.74, 6) is -0.00888. The molecular weight excluding hydrogens is 272 g/mol. The van der Waals surface area contributed by atoms with Gasteiger partial charge < -0.3 is 19.3 Å². The summed E-state index contributed by atoms with van der Waals surface area (Å²) in [6, 6.07) is 0. The predicted molar refractivity (Wildman–Crippen MR) is 78.0 cm³/mol. The lowest BCUT2D eigenvalue weighted by molar-refractivity contribution is -0.134. The molecule has 0 aliphatic carbocycles. The highest BCUT2D eigenvalue weighted by Gasteiger charge is 2.50. The minimum Gasteiger partial charge on any atom is -0.444 e. The van der Waals surface area contributed by atoms with E-state index in [0.717, 1.165) is 19.3 Å². The molecule has 0 bridgehead atoms. The molecular formula is C15H26N2O4. The molecule has 2 rings (SSSR count). The van der Waals surface area contributed by atoms with E-state index in [0.29, 0.717) is 19.6 Å². The summed E-state index contributed by atoms with van der Waals surface area (Å²) >= 11 is 0. The Morgan fingerprint density at radius 2 is 1.90 bits per heavy atom. The van der Waals surface area contributed by atoms with Crippen molar-refractivity contribution >= 4 is 12.0 Å². The lowest BCUT2D eigenvalue weighted by Gasteiger charge is -2.36. The number of likely N-dealkylation sites (tertiary alicyclic amines) is 2. The van der Waals surface area contributed by atoms with Gasteiger partial charge in [0.25, 0.3) is 0 Å². The van der Waals surface area contributed by atoms with E-state index in [-0.39, 0.29) is 24.1 Å². The summed E-state index contributed by atoms with van der Waals surface area (Å²) in [5.41, 5.74) is -0.739. The third-order valence-corrected chi connectivity index (χ3v) is 4.16. The predicted octanol–water partition coefficient (Wildman–Crippen LogP) is 1.63. The number of hydrogen-bond acceptors (Lipinski definition) is 4. The van der Waals surface area contributed by atoms with Crippen molar-refractivity contribution in [2.45, 2.75) is 51.2 Å². The van der Waals surface area contributed by atoms with E-state index in [1.54, 1.807) is 4.90 Å². The van der Waals surface area contributed by atoms with E-state index in [2.05, 4.69) is 0 Å². The molecule has 2 heterocycles. The Kier molecular flexibility index (Phi) is 4.46. The van der Waals surface area contributed by atoms with Gasteiger partial charge in [-0.1, -0.05) is 0 Å². The van der Waals surface area contributed by atoms with Gasteiger partial charge in [0.05, 0.1) is 5.54 Å². The maximum Gasteiger partial charge on any atom is 0.410 e. The van der Waals surface area contributed by atoms with Gasteiger partial charge >= 0.3 is 6.09 Å². The van der Waals surface area contributed by atoms with Gasteiger partial charge in [-0.05, 0) is 40.0 Å². The average molecular weight is 298 g/mol. The molecule has 21 heavy (non-hydrogen) atoms. The summed E-state index contributed by atoms with van der Waals surface area (Å²) in [6.07, 6.45) is 2.46. The number of methoxy groups -OCH3 is 1. The molecule has 2 fully saturated rings. The average Bonchev–Trinajstić information content (AvgIpc) is 2.96. The Balaban J connectivity index is 2.05. The van der Waals surface area contributed by atoms with Crippen LogP contribution in [0.2, 0.25) is 0 Å². The Morgan fingerprint density at radius 1 is 1.19 bits per heavy atom. The number of carbonyl (C=O) groups is 2. The van der Waals surface area contributed by atoms with Crippen LogP contribution in [0.1, 0.15) is 40.0 Å². The van der Waals surface area contributed by atoms with Gasteiger partial charge in [-0.15, -0.1) is 0 Å². The zero-order valence-electron chi connectivity index (χ0n) is 13.5. The van der Waals surface area contributed by atoms with E-state index in [4.69, 9.17) is 9.47 Å². The summed E-state index contributed by atoms with van der Waals surface area (Å²) in [4.78, 5) is 28.0. The number of rotatable bonds is 2. The van der Waals surface area contributed by atoms with Crippen molar-refractivity contribution in [3.8, 4) is 0 Å². The van der Waals surface area contributed by atoms with E-state index < -0.39 is 5.60 Å². The molecule has 0 saturated carbocycles. The molecule has 1 atom stereocenters. The minimum atomic E-state index is -0.495. The first-order valence-electron chi connectivity index (χ1n) is 7.55. The van der Waals surface area contributed by atoms with Crippen LogP contribution in [0, 0.1) is 0 Å². The van der Waals surface area contributed by atoms with Crippen molar-refractivity contribution in [2.24, 2.45) is 0 Å². The topological polar surface area (TPSA) is 59.1 Å². The summed E-state index contributed by atoms with van der Waals surface area (Å²) < 4.78 is 10.4. The van der Waals surface area contributed by atoms with Crippen molar-refractivity contribution < 1.29 is 19.1 Å². The highest BCUT2D eigenvalue weighted by atomic mass is 16.6. The zero-order valence-corrected chi connectivity index (χ0v) is 13.5. The molecule has 2 amide bonds. The first-order chi connectivity index (χ1) is 9.77. The van der Waals surface area contributed by atoms with Crippen molar-refractivity contribution in [3.63, 3.8) is 0 Å². The zero-order chi connectivity index (χ0) is 15.7. The van der Waals surface area contributed by atoms with Gasteiger partial charge in [0.1, 0.15) is 12.2 Å². The molecule has 0 unspecified atom stereocenters. The van der Waals surface area contributed by atoms with Gasteiger partial charge in [-0.2, -0.15) is 0 Å². The third kappa shape index (κ3) is 3.48. The quantitative estimate of drug-likeness (QED) is 0.777. The van der Waals surface area contributed by atoms with E-state index >= 15 is 0 Å². The van der Waals surface area contributed by atoms with Crippen LogP contribution in [0.3, 0.4) is 0 Å². The highest BCUT2D eigenvalue weighted by molar-refractivity contribution is 5.78. The number of amides is 2. The third-order valence-electron chi connectivity index (χ3n) is 4.16. The standard InChI is InChI=1S/C15H26N2O4/c1-14(2,3)21-13(19)17-8-5-6-15(17)7-9-16(11-15)12(18)10-20-4/h5-11H2,1-4H3/t15-/m0/s1. The van der Waals surface area contributed by atoms with Crippen LogP contribution in [-0.2, 0) is 14.3 Å². The SMILES string of the molecule is COCC(=O)N1CC[C@@]2(CCCN2C(=O)OC(C)(C)C)C1. The van der Waals surface area contributed by atoms with Crippen molar-refractivity contribution in [2.75, 3.05) is 33.4 Å². The van der Waals surface area contributed by atoms with Gasteiger partial charge in [0.15, 0.2) is 0 Å². The monoisotopic (exact) mass is 298 g/mol. The molecule has 6 heteroatoms. The molecule has 1 spiro atoms. The van der Waals surface area contributed by atoms with Gasteiger partial charge in [-0.3, -0.25) is 4.79 Å². The van der Waals surface area contributed by atoms with E-state index in [1.807, 2.05) is 25.7 Å². The molecule has 2 aliphatic heterocycles. The van der Waals surface area contributed by atoms with Crippen LogP contribution in [0.5, 0.6) is 0 Å². The highest BCUT2D eigenvalue weighted by Crippen LogP contribution is 2.38. The first kappa shape index (κ1) is 16.1. The van der Waals surface area contributed by atoms with Crippen molar-refractivity contribution in [3.05, 3.63) is 0 Å². The van der Waals surface area contributed by atoms with Crippen LogP contribution in [0.25, 0.3) is 0 Å². The Morgan fingerprint density at radius 3 is 2.52 bits per heavy atom. The minimum absolute atomic E-state index is 0.00888. The van der Waals surface area contributed by atoms with Gasteiger partial charge in [0, 0.05) is 26.7 Å². The molecule has 120 valence electrons. The number of nitrogens with zero attached hydrogens (tertiary/aromatic N) is 2. The molecule has 0 radical (unpaired) electrons. The normalized spacial score (nSPS) is 25.7. The van der Waals surface area contributed by atoms with Crippen LogP contribution in [0.4, 0.5) is 4.79 Å². The van der Waals surface area contributed by atoms with E-state index in [9.17, 15) is 9.59 Å². The molecule has 0 aromatic carbocycles.